The summed E-state index contributed by atoms with van der Waals surface area (Å²) in [4.78, 5) is 27.6. The maximum absolute atomic E-state index is 13.1. The molecule has 30 heavy (non-hydrogen) atoms. The Hall–Kier alpha value is -2.27. The lowest BCUT2D eigenvalue weighted by Gasteiger charge is -2.31. The number of benzene rings is 2. The van der Waals surface area contributed by atoms with E-state index in [4.69, 9.17) is 0 Å². The van der Waals surface area contributed by atoms with E-state index >= 15 is 0 Å². The van der Waals surface area contributed by atoms with Crippen molar-refractivity contribution in [3.63, 3.8) is 0 Å². The Bertz CT molecular complexity index is 765. The summed E-state index contributed by atoms with van der Waals surface area (Å²) in [6.07, 6.45) is 1.79. The number of carbonyl (C=O) groups excluding carboxylic acids is 2. The molecule has 0 aliphatic carbocycles. The van der Waals surface area contributed by atoms with Crippen LogP contribution < -0.4 is 5.32 Å². The maximum Gasteiger partial charge on any atom is 0.242 e. The summed E-state index contributed by atoms with van der Waals surface area (Å²) >= 11 is 1.76. The van der Waals surface area contributed by atoms with Crippen LogP contribution >= 0.6 is 11.8 Å². The Balaban J connectivity index is 1.98. The maximum atomic E-state index is 13.1. The van der Waals surface area contributed by atoms with Gasteiger partial charge >= 0.3 is 0 Å². The van der Waals surface area contributed by atoms with E-state index in [1.807, 2.05) is 57.2 Å². The summed E-state index contributed by atoms with van der Waals surface area (Å²) in [6, 6.07) is 20.0. The summed E-state index contributed by atoms with van der Waals surface area (Å²) in [5, 5.41) is 2.98. The number of nitrogens with one attached hydrogen (secondary N) is 1. The number of nitrogens with zero attached hydrogens (tertiary/aromatic N) is 1. The van der Waals surface area contributed by atoms with Crippen LogP contribution in [0.25, 0.3) is 0 Å². The molecule has 2 aromatic carbocycles. The van der Waals surface area contributed by atoms with Crippen molar-refractivity contribution in [3.8, 4) is 0 Å². The van der Waals surface area contributed by atoms with Crippen molar-refractivity contribution in [1.82, 2.24) is 10.2 Å². The number of hydrogen-bond acceptors (Lipinski definition) is 3. The summed E-state index contributed by atoms with van der Waals surface area (Å²) in [6.45, 7) is 6.41. The van der Waals surface area contributed by atoms with Crippen molar-refractivity contribution in [1.29, 1.82) is 0 Å². The zero-order chi connectivity index (χ0) is 21.8. The topological polar surface area (TPSA) is 49.4 Å². The van der Waals surface area contributed by atoms with Crippen LogP contribution in [0, 0.1) is 0 Å². The first kappa shape index (κ1) is 24.0. The number of carbonyl (C=O) groups is 2. The number of hydrogen-bond donors (Lipinski definition) is 1. The highest BCUT2D eigenvalue weighted by atomic mass is 32.2. The molecular weight excluding hydrogens is 392 g/mol. The first-order valence-electron chi connectivity index (χ1n) is 10.8. The molecule has 0 saturated carbocycles. The first-order chi connectivity index (χ1) is 14.5. The highest BCUT2D eigenvalue weighted by molar-refractivity contribution is 7.98. The van der Waals surface area contributed by atoms with Gasteiger partial charge < -0.3 is 10.2 Å². The predicted octanol–water partition coefficient (Wildman–Crippen LogP) is 4.68. The van der Waals surface area contributed by atoms with E-state index in [1.54, 1.807) is 16.7 Å². The zero-order valence-electron chi connectivity index (χ0n) is 18.3. The molecule has 1 N–H and O–H groups in total. The average Bonchev–Trinajstić information content (AvgIpc) is 2.75. The Morgan fingerprint density at radius 2 is 1.57 bits per heavy atom. The van der Waals surface area contributed by atoms with E-state index in [1.165, 1.54) is 11.1 Å². The zero-order valence-corrected chi connectivity index (χ0v) is 19.2. The molecule has 0 saturated heterocycles. The van der Waals surface area contributed by atoms with Gasteiger partial charge in [-0.05, 0) is 37.8 Å². The van der Waals surface area contributed by atoms with Gasteiger partial charge in [-0.1, -0.05) is 67.6 Å². The van der Waals surface area contributed by atoms with Crippen LogP contribution in [0.2, 0.25) is 0 Å². The Morgan fingerprint density at radius 1 is 0.967 bits per heavy atom. The molecule has 5 heteroatoms. The molecule has 0 fully saturated rings. The number of thioether (sulfide) groups is 1. The van der Waals surface area contributed by atoms with Gasteiger partial charge in [0.25, 0.3) is 0 Å². The van der Waals surface area contributed by atoms with Gasteiger partial charge in [0.1, 0.15) is 6.04 Å². The van der Waals surface area contributed by atoms with Gasteiger partial charge in [-0.3, -0.25) is 9.59 Å². The fourth-order valence-electron chi connectivity index (χ4n) is 3.34. The van der Waals surface area contributed by atoms with Gasteiger partial charge in [-0.25, -0.2) is 0 Å². The smallest absolute Gasteiger partial charge is 0.242 e. The molecule has 1 unspecified atom stereocenters. The van der Waals surface area contributed by atoms with Crippen molar-refractivity contribution < 1.29 is 9.59 Å². The molecule has 2 rings (SSSR count). The standard InChI is InChI=1S/C25H34N2O2S/c1-4-23(25(29)26-20(2)3)27(17-15-21-11-7-5-8-12-21)24(28)16-18-30-19-22-13-9-6-10-14-22/h5-14,20,23H,4,15-19H2,1-3H3,(H,26,29). The van der Waals surface area contributed by atoms with Crippen molar-refractivity contribution in [2.45, 2.75) is 57.9 Å². The molecule has 0 aromatic heterocycles. The highest BCUT2D eigenvalue weighted by Gasteiger charge is 2.28. The fourth-order valence-corrected chi connectivity index (χ4v) is 4.24. The van der Waals surface area contributed by atoms with Crippen LogP contribution in [0.1, 0.15) is 44.7 Å². The molecule has 2 amide bonds. The molecule has 0 aliphatic heterocycles. The van der Waals surface area contributed by atoms with Crippen molar-refractivity contribution in [2.75, 3.05) is 12.3 Å². The van der Waals surface area contributed by atoms with Gasteiger partial charge in [-0.15, -0.1) is 0 Å². The third-order valence-electron chi connectivity index (χ3n) is 4.87. The van der Waals surface area contributed by atoms with E-state index in [-0.39, 0.29) is 17.9 Å². The summed E-state index contributed by atoms with van der Waals surface area (Å²) in [5.74, 6) is 1.63. The molecule has 0 aliphatic rings. The summed E-state index contributed by atoms with van der Waals surface area (Å²) < 4.78 is 0. The largest absolute Gasteiger partial charge is 0.352 e. The lowest BCUT2D eigenvalue weighted by molar-refractivity contribution is -0.140. The minimum atomic E-state index is -0.428. The second kappa shape index (κ2) is 13.1. The van der Waals surface area contributed by atoms with Crippen LogP contribution in [0.15, 0.2) is 60.7 Å². The Morgan fingerprint density at radius 3 is 2.13 bits per heavy atom. The third-order valence-corrected chi connectivity index (χ3v) is 5.90. The summed E-state index contributed by atoms with van der Waals surface area (Å²) in [7, 11) is 0. The monoisotopic (exact) mass is 426 g/mol. The van der Waals surface area contributed by atoms with Crippen molar-refractivity contribution >= 4 is 23.6 Å². The lowest BCUT2D eigenvalue weighted by atomic mass is 10.1. The number of amides is 2. The predicted molar refractivity (Wildman–Crippen MR) is 126 cm³/mol. The molecule has 1 atom stereocenters. The SMILES string of the molecule is CCC(C(=O)NC(C)C)N(CCc1ccccc1)C(=O)CCSCc1ccccc1. The van der Waals surface area contributed by atoms with E-state index in [2.05, 4.69) is 29.6 Å². The van der Waals surface area contributed by atoms with Gasteiger partial charge in [0.2, 0.25) is 11.8 Å². The van der Waals surface area contributed by atoms with Crippen molar-refractivity contribution in [3.05, 3.63) is 71.8 Å². The van der Waals surface area contributed by atoms with Crippen molar-refractivity contribution in [2.24, 2.45) is 0 Å². The molecular formula is C25H34N2O2S. The first-order valence-corrected chi connectivity index (χ1v) is 11.9. The van der Waals surface area contributed by atoms with E-state index in [0.717, 1.165) is 17.9 Å². The molecule has 0 bridgehead atoms. The molecule has 0 heterocycles. The van der Waals surface area contributed by atoms with E-state index in [0.29, 0.717) is 19.4 Å². The quantitative estimate of drug-likeness (QED) is 0.501. The van der Waals surface area contributed by atoms with E-state index in [9.17, 15) is 9.59 Å². The molecule has 0 radical (unpaired) electrons. The second-order valence-electron chi connectivity index (χ2n) is 7.70. The van der Waals surface area contributed by atoms with Crippen LogP contribution in [-0.2, 0) is 21.8 Å². The van der Waals surface area contributed by atoms with Gasteiger partial charge in [-0.2, -0.15) is 11.8 Å². The molecule has 162 valence electrons. The Labute approximate surface area is 185 Å². The third kappa shape index (κ3) is 8.23. The van der Waals surface area contributed by atoms with Gasteiger partial charge in [0.15, 0.2) is 0 Å². The van der Waals surface area contributed by atoms with Gasteiger partial charge in [0.05, 0.1) is 0 Å². The fraction of sp³-hybridized carbons (Fsp3) is 0.440. The number of rotatable bonds is 12. The second-order valence-corrected chi connectivity index (χ2v) is 8.80. The molecule has 0 spiro atoms. The normalized spacial score (nSPS) is 11.9. The van der Waals surface area contributed by atoms with E-state index < -0.39 is 6.04 Å². The molecule has 4 nitrogen and oxygen atoms in total. The minimum Gasteiger partial charge on any atom is -0.352 e. The summed E-state index contributed by atoms with van der Waals surface area (Å²) in [5.41, 5.74) is 2.44. The average molecular weight is 427 g/mol. The van der Waals surface area contributed by atoms with Crippen LogP contribution in [-0.4, -0.2) is 41.1 Å². The van der Waals surface area contributed by atoms with Crippen LogP contribution in [0.4, 0.5) is 0 Å². The minimum absolute atomic E-state index is 0.0530. The highest BCUT2D eigenvalue weighted by Crippen LogP contribution is 2.16. The lowest BCUT2D eigenvalue weighted by Crippen LogP contribution is -2.51. The van der Waals surface area contributed by atoms with Crippen LogP contribution in [0.5, 0.6) is 0 Å². The Kier molecular flexibility index (Phi) is 10.5. The molecule has 2 aromatic rings. The van der Waals surface area contributed by atoms with Gasteiger partial charge in [0, 0.05) is 30.5 Å². The van der Waals surface area contributed by atoms with Crippen LogP contribution in [0.3, 0.4) is 0 Å².